The Balaban J connectivity index is 1.60. The molecule has 6 nitrogen and oxygen atoms in total. The van der Waals surface area contributed by atoms with Crippen LogP contribution in [0.1, 0.15) is 24.6 Å². The van der Waals surface area contributed by atoms with Gasteiger partial charge in [-0.25, -0.2) is 18.1 Å². The topological polar surface area (TPSA) is 77.5 Å². The van der Waals surface area contributed by atoms with Crippen molar-refractivity contribution in [1.82, 2.24) is 9.71 Å². The maximum atomic E-state index is 11.8. The fourth-order valence-corrected chi connectivity index (χ4v) is 4.48. The van der Waals surface area contributed by atoms with Crippen LogP contribution < -0.4 is 9.46 Å². The van der Waals surface area contributed by atoms with Gasteiger partial charge in [-0.05, 0) is 51.0 Å². The summed E-state index contributed by atoms with van der Waals surface area (Å²) in [6.07, 6.45) is 3.18. The zero-order chi connectivity index (χ0) is 18.6. The SMILES string of the molecule is CCS(=O)(=O)NC1CCCOC1COc1ccc(-c2ncc(C)s2)cc1. The second-order valence-corrected chi connectivity index (χ2v) is 9.57. The first-order chi connectivity index (χ1) is 12.5. The normalized spacial score (nSPS) is 20.8. The molecule has 1 N–H and O–H groups in total. The summed E-state index contributed by atoms with van der Waals surface area (Å²) in [5.41, 5.74) is 1.05. The molecule has 1 saturated heterocycles. The highest BCUT2D eigenvalue weighted by molar-refractivity contribution is 7.89. The van der Waals surface area contributed by atoms with Crippen LogP contribution in [-0.2, 0) is 14.8 Å². The molecule has 2 aromatic rings. The van der Waals surface area contributed by atoms with Gasteiger partial charge in [0, 0.05) is 23.2 Å². The minimum absolute atomic E-state index is 0.0643. The lowest BCUT2D eigenvalue weighted by Gasteiger charge is -2.31. The summed E-state index contributed by atoms with van der Waals surface area (Å²) in [4.78, 5) is 5.56. The van der Waals surface area contributed by atoms with E-state index in [1.807, 2.05) is 37.4 Å². The van der Waals surface area contributed by atoms with E-state index in [2.05, 4.69) is 9.71 Å². The molecule has 2 heterocycles. The van der Waals surface area contributed by atoms with Crippen LogP contribution >= 0.6 is 11.3 Å². The van der Waals surface area contributed by atoms with E-state index in [4.69, 9.17) is 9.47 Å². The van der Waals surface area contributed by atoms with Crippen molar-refractivity contribution in [3.05, 3.63) is 35.3 Å². The van der Waals surface area contributed by atoms with Crippen LogP contribution in [-0.4, -0.2) is 44.5 Å². The predicted octanol–water partition coefficient (Wildman–Crippen LogP) is 2.98. The Hall–Kier alpha value is -1.48. The molecule has 8 heteroatoms. The molecule has 26 heavy (non-hydrogen) atoms. The molecule has 3 rings (SSSR count). The maximum Gasteiger partial charge on any atom is 0.211 e. The zero-order valence-electron chi connectivity index (χ0n) is 15.0. The number of aryl methyl sites for hydroxylation is 1. The molecule has 142 valence electrons. The third kappa shape index (κ3) is 5.03. The minimum Gasteiger partial charge on any atom is -0.491 e. The number of aromatic nitrogens is 1. The van der Waals surface area contributed by atoms with Crippen molar-refractivity contribution in [1.29, 1.82) is 0 Å². The van der Waals surface area contributed by atoms with E-state index < -0.39 is 10.0 Å². The molecule has 0 aliphatic carbocycles. The van der Waals surface area contributed by atoms with Crippen LogP contribution in [0.15, 0.2) is 30.5 Å². The summed E-state index contributed by atoms with van der Waals surface area (Å²) < 4.78 is 38.0. The molecule has 0 radical (unpaired) electrons. The van der Waals surface area contributed by atoms with Crippen molar-refractivity contribution in [2.24, 2.45) is 0 Å². The first-order valence-electron chi connectivity index (χ1n) is 8.74. The van der Waals surface area contributed by atoms with Gasteiger partial charge in [0.15, 0.2) is 0 Å². The number of hydrogen-bond acceptors (Lipinski definition) is 6. The summed E-state index contributed by atoms with van der Waals surface area (Å²) in [5, 5.41) is 0.985. The van der Waals surface area contributed by atoms with Crippen LogP contribution in [0.2, 0.25) is 0 Å². The number of rotatable bonds is 7. The standard InChI is InChI=1S/C18H24N2O4S2/c1-3-26(21,22)20-16-5-4-10-23-17(16)12-24-15-8-6-14(7-9-15)18-19-11-13(2)25-18/h6-9,11,16-17,20H,3-5,10,12H2,1-2H3. The van der Waals surface area contributed by atoms with Crippen LogP contribution in [0.4, 0.5) is 0 Å². The van der Waals surface area contributed by atoms with Gasteiger partial charge in [0.1, 0.15) is 23.5 Å². The Morgan fingerprint density at radius 1 is 1.35 bits per heavy atom. The number of sulfonamides is 1. The van der Waals surface area contributed by atoms with Crippen LogP contribution in [0.3, 0.4) is 0 Å². The van der Waals surface area contributed by atoms with Crippen molar-refractivity contribution in [2.75, 3.05) is 19.0 Å². The fourth-order valence-electron chi connectivity index (χ4n) is 2.81. The smallest absolute Gasteiger partial charge is 0.211 e. The zero-order valence-corrected chi connectivity index (χ0v) is 16.6. The van der Waals surface area contributed by atoms with Crippen molar-refractivity contribution in [3.8, 4) is 16.3 Å². The van der Waals surface area contributed by atoms with E-state index in [9.17, 15) is 8.42 Å². The van der Waals surface area contributed by atoms with Crippen LogP contribution in [0.25, 0.3) is 10.6 Å². The molecule has 1 aliphatic heterocycles. The van der Waals surface area contributed by atoms with Gasteiger partial charge < -0.3 is 9.47 Å². The number of nitrogens with one attached hydrogen (secondary N) is 1. The first-order valence-corrected chi connectivity index (χ1v) is 11.2. The summed E-state index contributed by atoms with van der Waals surface area (Å²) in [5.74, 6) is 0.794. The largest absolute Gasteiger partial charge is 0.491 e. The van der Waals surface area contributed by atoms with Gasteiger partial charge in [-0.2, -0.15) is 0 Å². The second-order valence-electron chi connectivity index (χ2n) is 6.29. The van der Waals surface area contributed by atoms with Gasteiger partial charge >= 0.3 is 0 Å². The molecule has 1 aromatic carbocycles. The molecule has 0 spiro atoms. The molecule has 1 fully saturated rings. The second kappa shape index (κ2) is 8.47. The number of hydrogen-bond donors (Lipinski definition) is 1. The van der Waals surface area contributed by atoms with Crippen molar-refractivity contribution >= 4 is 21.4 Å². The number of thiazole rings is 1. The van der Waals surface area contributed by atoms with E-state index in [0.717, 1.165) is 29.2 Å². The van der Waals surface area contributed by atoms with Crippen LogP contribution in [0.5, 0.6) is 5.75 Å². The van der Waals surface area contributed by atoms with Gasteiger partial charge in [-0.15, -0.1) is 11.3 Å². The van der Waals surface area contributed by atoms with Crippen molar-refractivity contribution in [3.63, 3.8) is 0 Å². The van der Waals surface area contributed by atoms with E-state index in [-0.39, 0.29) is 17.9 Å². The molecule has 2 unspecified atom stereocenters. The highest BCUT2D eigenvalue weighted by Gasteiger charge is 2.29. The summed E-state index contributed by atoms with van der Waals surface area (Å²) >= 11 is 1.65. The number of nitrogens with zero attached hydrogens (tertiary/aromatic N) is 1. The van der Waals surface area contributed by atoms with Gasteiger partial charge in [-0.1, -0.05) is 0 Å². The van der Waals surface area contributed by atoms with E-state index >= 15 is 0 Å². The van der Waals surface area contributed by atoms with Gasteiger partial charge in [0.2, 0.25) is 10.0 Å². The van der Waals surface area contributed by atoms with Gasteiger partial charge in [0.05, 0.1) is 11.8 Å². The first kappa shape index (κ1) is 19.3. The molecule has 0 amide bonds. The third-order valence-electron chi connectivity index (χ3n) is 4.29. The highest BCUT2D eigenvalue weighted by Crippen LogP contribution is 2.26. The molecule has 0 bridgehead atoms. The summed E-state index contributed by atoms with van der Waals surface area (Å²) in [6, 6.07) is 7.52. The Morgan fingerprint density at radius 2 is 2.12 bits per heavy atom. The van der Waals surface area contributed by atoms with E-state index in [1.54, 1.807) is 18.3 Å². The molecule has 0 saturated carbocycles. The lowest BCUT2D eigenvalue weighted by molar-refractivity contribution is -0.0279. The maximum absolute atomic E-state index is 11.8. The lowest BCUT2D eigenvalue weighted by Crippen LogP contribution is -2.49. The third-order valence-corrected chi connectivity index (χ3v) is 6.67. The van der Waals surface area contributed by atoms with Crippen molar-refractivity contribution < 1.29 is 17.9 Å². The fraction of sp³-hybridized carbons (Fsp3) is 0.500. The number of benzene rings is 1. The summed E-state index contributed by atoms with van der Waals surface area (Å²) in [7, 11) is -3.26. The molecular weight excluding hydrogens is 372 g/mol. The average molecular weight is 397 g/mol. The average Bonchev–Trinajstić information content (AvgIpc) is 3.07. The number of ether oxygens (including phenoxy) is 2. The van der Waals surface area contributed by atoms with E-state index in [0.29, 0.717) is 13.2 Å². The lowest BCUT2D eigenvalue weighted by atomic mass is 10.0. The van der Waals surface area contributed by atoms with E-state index in [1.165, 1.54) is 4.88 Å². The quantitative estimate of drug-likeness (QED) is 0.778. The van der Waals surface area contributed by atoms with Crippen LogP contribution in [0, 0.1) is 6.92 Å². The monoisotopic (exact) mass is 396 g/mol. The Labute approximate surface area is 158 Å². The van der Waals surface area contributed by atoms with Gasteiger partial charge in [0.25, 0.3) is 0 Å². The highest BCUT2D eigenvalue weighted by atomic mass is 32.2. The molecule has 1 aromatic heterocycles. The minimum atomic E-state index is -3.26. The van der Waals surface area contributed by atoms with Gasteiger partial charge in [-0.3, -0.25) is 0 Å². The predicted molar refractivity (Wildman–Crippen MR) is 103 cm³/mol. The molecule has 2 atom stereocenters. The Bertz CT molecular complexity index is 818. The molecular formula is C18H24N2O4S2. The summed E-state index contributed by atoms with van der Waals surface area (Å²) in [6.45, 7) is 4.60. The Morgan fingerprint density at radius 3 is 2.77 bits per heavy atom. The van der Waals surface area contributed by atoms with Crippen molar-refractivity contribution in [2.45, 2.75) is 38.8 Å². The Kier molecular flexibility index (Phi) is 6.29. The molecule has 1 aliphatic rings.